The molecule has 1 aliphatic carbocycles. The van der Waals surface area contributed by atoms with Crippen LogP contribution in [0.3, 0.4) is 0 Å². The Kier molecular flexibility index (Phi) is 2.20. The van der Waals surface area contributed by atoms with Crippen LogP contribution in [-0.4, -0.2) is 9.97 Å². The first kappa shape index (κ1) is 8.96. The molecule has 0 aliphatic heterocycles. The minimum Gasteiger partial charge on any atom is -0.361 e. The molecule has 1 aliphatic rings. The molecule has 2 heteroatoms. The zero-order valence-electron chi connectivity index (χ0n) is 8.87. The Bertz CT molecular complexity index is 452. The average molecular weight is 200 g/mol. The summed E-state index contributed by atoms with van der Waals surface area (Å²) in [5.41, 5.74) is 2.71. The molecule has 0 atom stereocenters. The summed E-state index contributed by atoms with van der Waals surface area (Å²) in [5, 5.41) is 1.32. The molecule has 3 rings (SSSR count). The number of H-pyrrole nitrogens is 1. The van der Waals surface area contributed by atoms with Crippen LogP contribution in [0, 0.1) is 0 Å². The molecular weight excluding hydrogens is 184 g/mol. The fourth-order valence-electron chi connectivity index (χ4n) is 2.73. The highest BCUT2D eigenvalue weighted by atomic mass is 14.7. The van der Waals surface area contributed by atoms with Crippen molar-refractivity contribution in [1.82, 2.24) is 9.97 Å². The third-order valence-corrected chi connectivity index (χ3v) is 3.56. The number of nitrogens with one attached hydrogen (secondary N) is 1. The van der Waals surface area contributed by atoms with E-state index in [0.717, 1.165) is 5.92 Å². The fraction of sp³-hybridized carbons (Fsp3) is 0.462. The normalized spacial score (nSPS) is 18.4. The highest BCUT2D eigenvalue weighted by molar-refractivity contribution is 5.82. The van der Waals surface area contributed by atoms with E-state index >= 15 is 0 Å². The third kappa shape index (κ3) is 1.54. The first-order valence-electron chi connectivity index (χ1n) is 5.86. The van der Waals surface area contributed by atoms with Crippen LogP contribution in [0.15, 0.2) is 24.7 Å². The lowest BCUT2D eigenvalue weighted by atomic mass is 9.84. The lowest BCUT2D eigenvalue weighted by molar-refractivity contribution is 0.445. The van der Waals surface area contributed by atoms with Crippen molar-refractivity contribution in [3.8, 4) is 0 Å². The van der Waals surface area contributed by atoms with Gasteiger partial charge >= 0.3 is 0 Å². The molecule has 0 amide bonds. The molecule has 0 bridgehead atoms. The molecule has 0 radical (unpaired) electrons. The van der Waals surface area contributed by atoms with Crippen LogP contribution in [0.2, 0.25) is 0 Å². The summed E-state index contributed by atoms with van der Waals surface area (Å²) in [6.45, 7) is 0. The second-order valence-corrected chi connectivity index (χ2v) is 4.50. The van der Waals surface area contributed by atoms with E-state index in [1.807, 2.05) is 12.4 Å². The van der Waals surface area contributed by atoms with Crippen molar-refractivity contribution >= 4 is 10.9 Å². The largest absolute Gasteiger partial charge is 0.361 e. The quantitative estimate of drug-likeness (QED) is 0.748. The van der Waals surface area contributed by atoms with Crippen molar-refractivity contribution in [1.29, 1.82) is 0 Å². The van der Waals surface area contributed by atoms with Gasteiger partial charge in [0.15, 0.2) is 0 Å². The first-order chi connectivity index (χ1) is 7.45. The van der Waals surface area contributed by atoms with E-state index in [4.69, 9.17) is 0 Å². The Labute approximate surface area is 89.7 Å². The van der Waals surface area contributed by atoms with Gasteiger partial charge in [-0.15, -0.1) is 0 Å². The van der Waals surface area contributed by atoms with Gasteiger partial charge in [-0.3, -0.25) is 4.98 Å². The third-order valence-electron chi connectivity index (χ3n) is 3.56. The monoisotopic (exact) mass is 200 g/mol. The predicted octanol–water partition coefficient (Wildman–Crippen LogP) is 3.61. The maximum Gasteiger partial charge on any atom is 0.0487 e. The molecule has 2 aromatic rings. The van der Waals surface area contributed by atoms with Crippen LogP contribution < -0.4 is 0 Å². The van der Waals surface area contributed by atoms with Gasteiger partial charge in [0.1, 0.15) is 0 Å². The second-order valence-electron chi connectivity index (χ2n) is 4.50. The van der Waals surface area contributed by atoms with E-state index in [1.54, 1.807) is 0 Å². The zero-order chi connectivity index (χ0) is 10.1. The summed E-state index contributed by atoms with van der Waals surface area (Å²) >= 11 is 0. The Morgan fingerprint density at radius 2 is 2.07 bits per heavy atom. The standard InChI is InChI=1S/C13H16N2/c1-2-4-10(5-3-1)11-9-15-13-6-7-14-8-12(11)13/h6-10,15H,1-5H2. The summed E-state index contributed by atoms with van der Waals surface area (Å²) in [7, 11) is 0. The van der Waals surface area contributed by atoms with Gasteiger partial charge in [-0.05, 0) is 30.4 Å². The number of aromatic amines is 1. The van der Waals surface area contributed by atoms with E-state index in [0.29, 0.717) is 0 Å². The van der Waals surface area contributed by atoms with Gasteiger partial charge in [0.05, 0.1) is 0 Å². The Hall–Kier alpha value is -1.31. The van der Waals surface area contributed by atoms with Crippen LogP contribution in [0.4, 0.5) is 0 Å². The lowest BCUT2D eigenvalue weighted by Crippen LogP contribution is -2.03. The first-order valence-corrected chi connectivity index (χ1v) is 5.86. The molecule has 1 N–H and O–H groups in total. The Morgan fingerprint density at radius 1 is 1.20 bits per heavy atom. The van der Waals surface area contributed by atoms with Gasteiger partial charge in [-0.1, -0.05) is 19.3 Å². The van der Waals surface area contributed by atoms with Crippen molar-refractivity contribution < 1.29 is 0 Å². The fourth-order valence-corrected chi connectivity index (χ4v) is 2.73. The number of hydrogen-bond acceptors (Lipinski definition) is 1. The van der Waals surface area contributed by atoms with E-state index in [9.17, 15) is 0 Å². The van der Waals surface area contributed by atoms with Gasteiger partial charge in [0.2, 0.25) is 0 Å². The van der Waals surface area contributed by atoms with Crippen molar-refractivity contribution in [2.24, 2.45) is 0 Å². The molecule has 0 spiro atoms. The van der Waals surface area contributed by atoms with Crippen LogP contribution >= 0.6 is 0 Å². The topological polar surface area (TPSA) is 28.7 Å². The minimum absolute atomic E-state index is 0.761. The maximum absolute atomic E-state index is 4.22. The molecule has 78 valence electrons. The van der Waals surface area contributed by atoms with E-state index < -0.39 is 0 Å². The van der Waals surface area contributed by atoms with Crippen LogP contribution in [0.1, 0.15) is 43.6 Å². The molecule has 1 saturated carbocycles. The molecule has 0 aromatic carbocycles. The summed E-state index contributed by atoms with van der Waals surface area (Å²) < 4.78 is 0. The average Bonchev–Trinajstić information content (AvgIpc) is 2.74. The van der Waals surface area contributed by atoms with Crippen molar-refractivity contribution in [3.05, 3.63) is 30.2 Å². The Balaban J connectivity index is 2.02. The number of rotatable bonds is 1. The predicted molar refractivity (Wildman–Crippen MR) is 61.9 cm³/mol. The van der Waals surface area contributed by atoms with Crippen LogP contribution in [0.25, 0.3) is 10.9 Å². The molecular formula is C13H16N2. The lowest BCUT2D eigenvalue weighted by Gasteiger charge is -2.20. The molecule has 1 fully saturated rings. The van der Waals surface area contributed by atoms with E-state index in [-0.39, 0.29) is 0 Å². The number of hydrogen-bond donors (Lipinski definition) is 1. The molecule has 15 heavy (non-hydrogen) atoms. The van der Waals surface area contributed by atoms with Crippen molar-refractivity contribution in [3.63, 3.8) is 0 Å². The van der Waals surface area contributed by atoms with Gasteiger partial charge < -0.3 is 4.98 Å². The molecule has 0 unspecified atom stereocenters. The molecule has 2 aromatic heterocycles. The van der Waals surface area contributed by atoms with Crippen LogP contribution in [0.5, 0.6) is 0 Å². The number of nitrogens with zero attached hydrogens (tertiary/aromatic N) is 1. The van der Waals surface area contributed by atoms with Crippen molar-refractivity contribution in [2.75, 3.05) is 0 Å². The Morgan fingerprint density at radius 3 is 2.93 bits per heavy atom. The molecule has 0 saturated heterocycles. The van der Waals surface area contributed by atoms with E-state index in [2.05, 4.69) is 22.2 Å². The number of fused-ring (bicyclic) bond motifs is 1. The minimum atomic E-state index is 0.761. The summed E-state index contributed by atoms with van der Waals surface area (Å²) in [4.78, 5) is 7.57. The molecule has 2 heterocycles. The van der Waals surface area contributed by atoms with Gasteiger partial charge in [0, 0.05) is 29.5 Å². The summed E-state index contributed by atoms with van der Waals surface area (Å²) in [6, 6.07) is 2.06. The van der Waals surface area contributed by atoms with Crippen molar-refractivity contribution in [2.45, 2.75) is 38.0 Å². The highest BCUT2D eigenvalue weighted by Gasteiger charge is 2.18. The number of aromatic nitrogens is 2. The maximum atomic E-state index is 4.22. The summed E-state index contributed by atoms with van der Waals surface area (Å²) in [6.07, 6.45) is 12.9. The zero-order valence-corrected chi connectivity index (χ0v) is 8.87. The number of pyridine rings is 1. The van der Waals surface area contributed by atoms with Crippen LogP contribution in [-0.2, 0) is 0 Å². The van der Waals surface area contributed by atoms with E-state index in [1.165, 1.54) is 48.6 Å². The smallest absolute Gasteiger partial charge is 0.0487 e. The van der Waals surface area contributed by atoms with Gasteiger partial charge in [-0.2, -0.15) is 0 Å². The SMILES string of the molecule is c1cc2[nH]cc(C3CCCCC3)c2cn1. The highest BCUT2D eigenvalue weighted by Crippen LogP contribution is 2.35. The summed E-state index contributed by atoms with van der Waals surface area (Å²) in [5.74, 6) is 0.761. The second kappa shape index (κ2) is 3.69. The molecule has 2 nitrogen and oxygen atoms in total. The van der Waals surface area contributed by atoms with Gasteiger partial charge in [-0.25, -0.2) is 0 Å². The van der Waals surface area contributed by atoms with Gasteiger partial charge in [0.25, 0.3) is 0 Å².